The number of phenols is 1. The van der Waals surface area contributed by atoms with Gasteiger partial charge >= 0.3 is 0 Å². The van der Waals surface area contributed by atoms with Crippen molar-refractivity contribution in [1.82, 2.24) is 0 Å². The van der Waals surface area contributed by atoms with Gasteiger partial charge < -0.3 is 5.11 Å². The van der Waals surface area contributed by atoms with Crippen LogP contribution in [0.5, 0.6) is 5.75 Å². The Labute approximate surface area is 90.2 Å². The number of thiol groups is 1. The summed E-state index contributed by atoms with van der Waals surface area (Å²) in [6.07, 6.45) is 2.03. The standard InChI is InChI=1S/C9H8OS3/c1-12-9-4-13-8-3-7(11)6(10)2-5(8)9/h2-4,10-11H,1H3. The van der Waals surface area contributed by atoms with Crippen molar-refractivity contribution < 1.29 is 5.11 Å². The number of thiophene rings is 1. The Morgan fingerprint density at radius 3 is 2.92 bits per heavy atom. The third-order valence-electron chi connectivity index (χ3n) is 1.86. The van der Waals surface area contributed by atoms with Crippen molar-refractivity contribution in [2.45, 2.75) is 9.79 Å². The van der Waals surface area contributed by atoms with E-state index in [-0.39, 0.29) is 5.75 Å². The smallest absolute Gasteiger partial charge is 0.129 e. The lowest BCUT2D eigenvalue weighted by atomic mass is 10.2. The van der Waals surface area contributed by atoms with E-state index < -0.39 is 0 Å². The molecule has 1 nitrogen and oxygen atoms in total. The van der Waals surface area contributed by atoms with E-state index in [1.54, 1.807) is 29.2 Å². The van der Waals surface area contributed by atoms with Crippen LogP contribution in [0.2, 0.25) is 0 Å². The number of phenolic OH excluding ortho intramolecular Hbond substituents is 1. The number of rotatable bonds is 1. The molecule has 0 fully saturated rings. The lowest BCUT2D eigenvalue weighted by molar-refractivity contribution is 0.464. The van der Waals surface area contributed by atoms with Gasteiger partial charge in [0.1, 0.15) is 5.75 Å². The summed E-state index contributed by atoms with van der Waals surface area (Å²) in [5.41, 5.74) is 0. The van der Waals surface area contributed by atoms with Crippen LogP contribution in [0.15, 0.2) is 27.3 Å². The monoisotopic (exact) mass is 228 g/mol. The first-order valence-corrected chi connectivity index (χ1v) is 6.24. The van der Waals surface area contributed by atoms with Crippen molar-refractivity contribution >= 4 is 45.8 Å². The Balaban J connectivity index is 2.77. The minimum atomic E-state index is 0.254. The zero-order valence-electron chi connectivity index (χ0n) is 6.94. The zero-order valence-corrected chi connectivity index (χ0v) is 9.47. The van der Waals surface area contributed by atoms with Crippen molar-refractivity contribution in [3.8, 4) is 5.75 Å². The fourth-order valence-electron chi connectivity index (χ4n) is 1.19. The second-order valence-corrected chi connectivity index (χ2v) is 4.88. The highest BCUT2D eigenvalue weighted by molar-refractivity contribution is 7.99. The van der Waals surface area contributed by atoms with Gasteiger partial charge in [0.05, 0.1) is 0 Å². The molecule has 1 heterocycles. The second-order valence-electron chi connectivity index (χ2n) is 2.64. The van der Waals surface area contributed by atoms with E-state index in [0.717, 1.165) is 5.39 Å². The Bertz CT molecular complexity index is 447. The van der Waals surface area contributed by atoms with Gasteiger partial charge in [-0.1, -0.05) is 0 Å². The number of aromatic hydroxyl groups is 1. The molecule has 0 atom stereocenters. The van der Waals surface area contributed by atoms with Crippen molar-refractivity contribution in [2.75, 3.05) is 6.26 Å². The van der Waals surface area contributed by atoms with Gasteiger partial charge in [-0.3, -0.25) is 0 Å². The zero-order chi connectivity index (χ0) is 9.42. The fourth-order valence-corrected chi connectivity index (χ4v) is 3.29. The van der Waals surface area contributed by atoms with Gasteiger partial charge in [-0.25, -0.2) is 0 Å². The van der Waals surface area contributed by atoms with Crippen LogP contribution in [-0.4, -0.2) is 11.4 Å². The van der Waals surface area contributed by atoms with Crippen LogP contribution in [0.4, 0.5) is 0 Å². The number of fused-ring (bicyclic) bond motifs is 1. The molecular formula is C9H8OS3. The molecule has 0 unspecified atom stereocenters. The largest absolute Gasteiger partial charge is 0.507 e. The van der Waals surface area contributed by atoms with Crippen molar-refractivity contribution in [2.24, 2.45) is 0 Å². The molecule has 13 heavy (non-hydrogen) atoms. The average Bonchev–Trinajstić information content (AvgIpc) is 2.48. The van der Waals surface area contributed by atoms with Crippen molar-refractivity contribution in [3.63, 3.8) is 0 Å². The molecule has 1 aromatic heterocycles. The molecule has 1 aromatic carbocycles. The van der Waals surface area contributed by atoms with Crippen LogP contribution < -0.4 is 0 Å². The first kappa shape index (κ1) is 9.24. The van der Waals surface area contributed by atoms with E-state index in [4.69, 9.17) is 0 Å². The minimum Gasteiger partial charge on any atom is -0.507 e. The highest BCUT2D eigenvalue weighted by Gasteiger charge is 2.06. The molecule has 4 heteroatoms. The third-order valence-corrected chi connectivity index (χ3v) is 4.09. The van der Waals surface area contributed by atoms with Crippen molar-refractivity contribution in [3.05, 3.63) is 17.5 Å². The van der Waals surface area contributed by atoms with Gasteiger partial charge in [0.25, 0.3) is 0 Å². The fraction of sp³-hybridized carbons (Fsp3) is 0.111. The lowest BCUT2D eigenvalue weighted by Crippen LogP contribution is -1.71. The summed E-state index contributed by atoms with van der Waals surface area (Å²) in [6.45, 7) is 0. The van der Waals surface area contributed by atoms with Gasteiger partial charge in [-0.15, -0.1) is 35.7 Å². The third kappa shape index (κ3) is 1.54. The molecule has 0 radical (unpaired) electrons. The van der Waals surface area contributed by atoms with Gasteiger partial charge in [0, 0.05) is 25.3 Å². The van der Waals surface area contributed by atoms with Crippen LogP contribution in [-0.2, 0) is 0 Å². The summed E-state index contributed by atoms with van der Waals surface area (Å²) < 4.78 is 1.17. The molecule has 0 aliphatic rings. The summed E-state index contributed by atoms with van der Waals surface area (Å²) in [5, 5.41) is 12.7. The molecule has 0 bridgehead atoms. The maximum atomic E-state index is 9.47. The molecule has 2 rings (SSSR count). The summed E-state index contributed by atoms with van der Waals surface area (Å²) in [5.74, 6) is 0.254. The van der Waals surface area contributed by atoms with Gasteiger partial charge in [-0.05, 0) is 18.4 Å². The molecule has 0 saturated heterocycles. The summed E-state index contributed by atoms with van der Waals surface area (Å²) in [4.78, 5) is 1.85. The van der Waals surface area contributed by atoms with E-state index >= 15 is 0 Å². The van der Waals surface area contributed by atoms with Crippen LogP contribution in [0.1, 0.15) is 0 Å². The molecule has 0 amide bonds. The summed E-state index contributed by atoms with van der Waals surface area (Å²) >= 11 is 7.54. The van der Waals surface area contributed by atoms with E-state index in [9.17, 15) is 5.11 Å². The topological polar surface area (TPSA) is 20.2 Å². The Kier molecular flexibility index (Phi) is 2.45. The molecule has 1 N–H and O–H groups in total. The first-order chi connectivity index (χ1) is 6.22. The first-order valence-electron chi connectivity index (χ1n) is 3.69. The summed E-state index contributed by atoms with van der Waals surface area (Å²) in [7, 11) is 0. The van der Waals surface area contributed by atoms with Gasteiger partial charge in [0.15, 0.2) is 0 Å². The minimum absolute atomic E-state index is 0.254. The number of hydrogen-bond acceptors (Lipinski definition) is 4. The van der Waals surface area contributed by atoms with Crippen LogP contribution >= 0.6 is 35.7 Å². The molecule has 0 aliphatic carbocycles. The highest BCUT2D eigenvalue weighted by atomic mass is 32.2. The van der Waals surface area contributed by atoms with Crippen LogP contribution in [0.25, 0.3) is 10.1 Å². The molecule has 0 spiro atoms. The highest BCUT2D eigenvalue weighted by Crippen LogP contribution is 2.37. The quantitative estimate of drug-likeness (QED) is 0.574. The molecule has 68 valence electrons. The van der Waals surface area contributed by atoms with Crippen LogP contribution in [0, 0.1) is 0 Å². The second kappa shape index (κ2) is 3.44. The van der Waals surface area contributed by atoms with Gasteiger partial charge in [-0.2, -0.15) is 0 Å². The van der Waals surface area contributed by atoms with Crippen molar-refractivity contribution in [1.29, 1.82) is 0 Å². The Hall–Kier alpha value is -0.320. The van der Waals surface area contributed by atoms with Gasteiger partial charge in [0.2, 0.25) is 0 Å². The Morgan fingerprint density at radius 1 is 1.46 bits per heavy atom. The molecule has 0 saturated carbocycles. The number of thioether (sulfide) groups is 1. The normalized spacial score (nSPS) is 10.9. The van der Waals surface area contributed by atoms with E-state index in [1.807, 2.05) is 12.3 Å². The van der Waals surface area contributed by atoms with E-state index in [2.05, 4.69) is 18.0 Å². The van der Waals surface area contributed by atoms with E-state index in [1.165, 1.54) is 9.60 Å². The molecule has 2 aromatic rings. The number of benzene rings is 1. The maximum absolute atomic E-state index is 9.47. The van der Waals surface area contributed by atoms with E-state index in [0.29, 0.717) is 4.90 Å². The van der Waals surface area contributed by atoms with Crippen LogP contribution in [0.3, 0.4) is 0 Å². The average molecular weight is 228 g/mol. The SMILES string of the molecule is CSc1csc2cc(S)c(O)cc12. The maximum Gasteiger partial charge on any atom is 0.129 e. The molecular weight excluding hydrogens is 220 g/mol. The Morgan fingerprint density at radius 2 is 2.23 bits per heavy atom. The summed E-state index contributed by atoms with van der Waals surface area (Å²) in [6, 6.07) is 3.68. The molecule has 0 aliphatic heterocycles. The predicted octanol–water partition coefficient (Wildman–Crippen LogP) is 3.62. The predicted molar refractivity (Wildman–Crippen MR) is 62.5 cm³/mol. The number of hydrogen-bond donors (Lipinski definition) is 2. The lowest BCUT2D eigenvalue weighted by Gasteiger charge is -1.98.